The lowest BCUT2D eigenvalue weighted by atomic mass is 10.00. The fourth-order valence-corrected chi connectivity index (χ4v) is 4.94. The fourth-order valence-electron chi connectivity index (χ4n) is 4.82. The first-order valence-electron chi connectivity index (χ1n) is 13.4. The van der Waals surface area contributed by atoms with Crippen LogP contribution in [0.15, 0.2) is 66.7 Å². The lowest BCUT2D eigenvalue weighted by Gasteiger charge is -2.33. The normalized spacial score (nSPS) is 15.5. The summed E-state index contributed by atoms with van der Waals surface area (Å²) in [4.78, 5) is 30.6. The van der Waals surface area contributed by atoms with Crippen molar-refractivity contribution in [2.24, 2.45) is 0 Å². The monoisotopic (exact) mass is 576 g/mol. The molecule has 3 aromatic carbocycles. The number of nitrogens with one attached hydrogen (secondary N) is 1. The van der Waals surface area contributed by atoms with Gasteiger partial charge in [-0.05, 0) is 91.1 Å². The van der Waals surface area contributed by atoms with Gasteiger partial charge in [0.05, 0.1) is 6.10 Å². The van der Waals surface area contributed by atoms with Crippen LogP contribution in [0, 0.1) is 19.7 Å². The Morgan fingerprint density at radius 2 is 1.88 bits per heavy atom. The van der Waals surface area contributed by atoms with Crippen LogP contribution in [0.25, 0.3) is 11.4 Å². The Labute approximate surface area is 242 Å². The highest BCUT2D eigenvalue weighted by Crippen LogP contribution is 2.32. The maximum Gasteiger partial charge on any atom is 0.251 e. The van der Waals surface area contributed by atoms with Crippen LogP contribution < -0.4 is 10.2 Å². The van der Waals surface area contributed by atoms with Crippen LogP contribution in [0.4, 0.5) is 10.1 Å². The third-order valence-corrected chi connectivity index (χ3v) is 7.41. The van der Waals surface area contributed by atoms with Gasteiger partial charge in [-0.2, -0.15) is 4.80 Å². The van der Waals surface area contributed by atoms with Crippen molar-refractivity contribution >= 4 is 29.1 Å². The molecule has 1 saturated heterocycles. The van der Waals surface area contributed by atoms with E-state index in [1.807, 2.05) is 26.0 Å². The van der Waals surface area contributed by atoms with Gasteiger partial charge in [-0.25, -0.2) is 4.39 Å². The molecule has 4 aromatic rings. The summed E-state index contributed by atoms with van der Waals surface area (Å²) in [6, 6.07) is 17.0. The van der Waals surface area contributed by atoms with Gasteiger partial charge in [-0.15, -0.1) is 10.2 Å². The number of benzene rings is 3. The Hall–Kier alpha value is -4.15. The number of ether oxygens (including phenoxy) is 1. The summed E-state index contributed by atoms with van der Waals surface area (Å²) in [7, 11) is 0. The predicted molar refractivity (Wildman–Crippen MR) is 153 cm³/mol. The van der Waals surface area contributed by atoms with E-state index in [9.17, 15) is 14.0 Å². The number of nitrogens with zero attached hydrogens (tertiary/aromatic N) is 5. The van der Waals surface area contributed by atoms with Gasteiger partial charge >= 0.3 is 0 Å². The van der Waals surface area contributed by atoms with Crippen molar-refractivity contribution in [2.45, 2.75) is 45.4 Å². The first kappa shape index (κ1) is 28.4. The summed E-state index contributed by atoms with van der Waals surface area (Å²) in [5, 5.41) is 16.1. The van der Waals surface area contributed by atoms with Crippen LogP contribution in [-0.4, -0.2) is 51.3 Å². The van der Waals surface area contributed by atoms with E-state index in [0.29, 0.717) is 40.8 Å². The maximum absolute atomic E-state index is 14.1. The van der Waals surface area contributed by atoms with Gasteiger partial charge in [0.2, 0.25) is 11.7 Å². The van der Waals surface area contributed by atoms with Gasteiger partial charge in [0.25, 0.3) is 5.91 Å². The molecule has 2 atom stereocenters. The SMILES string of the molecule is Cc1cccc(N(C(=O)Cn2nnc(-c3ccc(Cl)cc3)n2)[C@H](C(=O)NC[C@H]2CCCO2)c2ccc(F)cc2)c1C. The minimum atomic E-state index is -1.09. The van der Waals surface area contributed by atoms with Crippen molar-refractivity contribution in [1.82, 2.24) is 25.5 Å². The van der Waals surface area contributed by atoms with E-state index < -0.39 is 23.7 Å². The molecule has 0 radical (unpaired) electrons. The van der Waals surface area contributed by atoms with Gasteiger partial charge in [-0.3, -0.25) is 14.5 Å². The largest absolute Gasteiger partial charge is 0.376 e. The summed E-state index contributed by atoms with van der Waals surface area (Å²) in [6.07, 6.45) is 1.68. The van der Waals surface area contributed by atoms with E-state index in [2.05, 4.69) is 20.7 Å². The maximum atomic E-state index is 14.1. The fraction of sp³-hybridized carbons (Fsp3) is 0.300. The number of hydrogen-bond donors (Lipinski definition) is 1. The molecule has 1 aliphatic heterocycles. The zero-order chi connectivity index (χ0) is 28.9. The highest BCUT2D eigenvalue weighted by Gasteiger charge is 2.35. The first-order valence-corrected chi connectivity index (χ1v) is 13.7. The number of rotatable bonds is 9. The van der Waals surface area contributed by atoms with Crippen LogP contribution in [0.2, 0.25) is 5.02 Å². The lowest BCUT2D eigenvalue weighted by Crippen LogP contribution is -2.47. The second-order valence-electron chi connectivity index (χ2n) is 9.97. The number of aromatic nitrogens is 4. The van der Waals surface area contributed by atoms with E-state index >= 15 is 0 Å². The Morgan fingerprint density at radius 1 is 1.12 bits per heavy atom. The molecule has 11 heteroatoms. The lowest BCUT2D eigenvalue weighted by molar-refractivity contribution is -0.127. The van der Waals surface area contributed by atoms with Gasteiger partial charge in [0.15, 0.2) is 0 Å². The molecule has 5 rings (SSSR count). The van der Waals surface area contributed by atoms with Crippen molar-refractivity contribution in [3.63, 3.8) is 0 Å². The van der Waals surface area contributed by atoms with E-state index in [4.69, 9.17) is 16.3 Å². The number of halogens is 2. The summed E-state index contributed by atoms with van der Waals surface area (Å²) in [5.41, 5.74) is 3.47. The van der Waals surface area contributed by atoms with E-state index in [1.165, 1.54) is 34.0 Å². The molecule has 2 heterocycles. The van der Waals surface area contributed by atoms with Gasteiger partial charge in [0.1, 0.15) is 18.4 Å². The summed E-state index contributed by atoms with van der Waals surface area (Å²) < 4.78 is 19.6. The van der Waals surface area contributed by atoms with Gasteiger partial charge in [-0.1, -0.05) is 35.9 Å². The number of aryl methyl sites for hydroxylation is 1. The molecule has 0 spiro atoms. The molecule has 0 bridgehead atoms. The Balaban J connectivity index is 1.51. The molecule has 1 N–H and O–H groups in total. The van der Waals surface area contributed by atoms with E-state index in [1.54, 1.807) is 30.3 Å². The quantitative estimate of drug-likeness (QED) is 0.306. The van der Waals surface area contributed by atoms with Crippen LogP contribution in [-0.2, 0) is 20.9 Å². The Morgan fingerprint density at radius 3 is 2.59 bits per heavy atom. The number of anilines is 1. The molecular formula is C30H30ClFN6O3. The molecular weight excluding hydrogens is 547 g/mol. The molecule has 2 amide bonds. The average molecular weight is 577 g/mol. The number of carbonyl (C=O) groups is 2. The number of carbonyl (C=O) groups excluding carboxylic acids is 2. The van der Waals surface area contributed by atoms with Crippen LogP contribution in [0.5, 0.6) is 0 Å². The average Bonchev–Trinajstić information content (AvgIpc) is 3.66. The number of hydrogen-bond acceptors (Lipinski definition) is 6. The van der Waals surface area contributed by atoms with Crippen LogP contribution in [0.1, 0.15) is 35.6 Å². The third-order valence-electron chi connectivity index (χ3n) is 7.16. The summed E-state index contributed by atoms with van der Waals surface area (Å²) >= 11 is 5.99. The molecule has 212 valence electrons. The number of tetrazole rings is 1. The molecule has 1 aliphatic rings. The predicted octanol–water partition coefficient (Wildman–Crippen LogP) is 4.82. The minimum Gasteiger partial charge on any atom is -0.376 e. The first-order chi connectivity index (χ1) is 19.8. The zero-order valence-electron chi connectivity index (χ0n) is 22.8. The summed E-state index contributed by atoms with van der Waals surface area (Å²) in [6.45, 7) is 4.50. The van der Waals surface area contributed by atoms with Crippen molar-refractivity contribution < 1.29 is 18.7 Å². The second-order valence-corrected chi connectivity index (χ2v) is 10.4. The van der Waals surface area contributed by atoms with Crippen molar-refractivity contribution in [1.29, 1.82) is 0 Å². The Bertz CT molecular complexity index is 1520. The van der Waals surface area contributed by atoms with Gasteiger partial charge in [0, 0.05) is 29.4 Å². The van der Waals surface area contributed by atoms with E-state index in [-0.39, 0.29) is 12.6 Å². The number of amides is 2. The molecule has 1 aromatic heterocycles. The standard InChI is InChI=1S/C30H30ClFN6O3/c1-19-5-3-7-26(20(19)2)38(27(39)18-37-35-29(34-36-37)22-8-12-23(31)13-9-22)28(21-10-14-24(32)15-11-21)30(40)33-17-25-6-4-16-41-25/h3,5,7-15,25,28H,4,6,16-18H2,1-2H3,(H,33,40)/t25-,28+/m1/s1. The van der Waals surface area contributed by atoms with E-state index in [0.717, 1.165) is 24.0 Å². The molecule has 0 saturated carbocycles. The molecule has 1 fully saturated rings. The van der Waals surface area contributed by atoms with Crippen LogP contribution >= 0.6 is 11.6 Å². The van der Waals surface area contributed by atoms with Crippen molar-refractivity contribution in [2.75, 3.05) is 18.1 Å². The minimum absolute atomic E-state index is 0.0942. The van der Waals surface area contributed by atoms with Crippen molar-refractivity contribution in [3.05, 3.63) is 94.3 Å². The third kappa shape index (κ3) is 6.61. The zero-order valence-corrected chi connectivity index (χ0v) is 23.5. The molecule has 9 nitrogen and oxygen atoms in total. The smallest absolute Gasteiger partial charge is 0.251 e. The second kappa shape index (κ2) is 12.6. The highest BCUT2D eigenvalue weighted by molar-refractivity contribution is 6.30. The topological polar surface area (TPSA) is 102 Å². The molecule has 0 aliphatic carbocycles. The Kier molecular flexibility index (Phi) is 8.70. The summed E-state index contributed by atoms with van der Waals surface area (Å²) in [5.74, 6) is -0.967. The van der Waals surface area contributed by atoms with Crippen molar-refractivity contribution in [3.8, 4) is 11.4 Å². The molecule has 0 unspecified atom stereocenters. The van der Waals surface area contributed by atoms with Crippen LogP contribution in [0.3, 0.4) is 0 Å². The molecule has 41 heavy (non-hydrogen) atoms. The van der Waals surface area contributed by atoms with Gasteiger partial charge < -0.3 is 10.1 Å². The highest BCUT2D eigenvalue weighted by atomic mass is 35.5.